The highest BCUT2D eigenvalue weighted by Crippen LogP contribution is 2.30. The summed E-state index contributed by atoms with van der Waals surface area (Å²) in [6.45, 7) is 3.02. The lowest BCUT2D eigenvalue weighted by atomic mass is 10.2. The van der Waals surface area contributed by atoms with Crippen LogP contribution in [0.2, 0.25) is 0 Å². The van der Waals surface area contributed by atoms with E-state index < -0.39 is 11.7 Å². The van der Waals surface area contributed by atoms with Crippen LogP contribution in [-0.2, 0) is 11.0 Å². The van der Waals surface area contributed by atoms with Crippen LogP contribution in [0.3, 0.4) is 0 Å². The lowest BCUT2D eigenvalue weighted by Gasteiger charge is -2.35. The number of carbonyl (C=O) groups is 1. The van der Waals surface area contributed by atoms with Gasteiger partial charge in [0.1, 0.15) is 5.75 Å². The van der Waals surface area contributed by atoms with E-state index in [1.165, 1.54) is 12.1 Å². The Labute approximate surface area is 161 Å². The summed E-state index contributed by atoms with van der Waals surface area (Å²) in [7, 11) is 1.63. The third kappa shape index (κ3) is 5.16. The number of carbonyl (C=O) groups excluding carboxylic acids is 1. The number of rotatable bonds is 5. The second-order valence-corrected chi connectivity index (χ2v) is 6.59. The predicted octanol–water partition coefficient (Wildman–Crippen LogP) is 3.47. The maximum absolute atomic E-state index is 12.8. The van der Waals surface area contributed by atoms with E-state index in [9.17, 15) is 18.0 Å². The zero-order valence-corrected chi connectivity index (χ0v) is 15.5. The van der Waals surface area contributed by atoms with Gasteiger partial charge in [-0.2, -0.15) is 13.2 Å². The number of nitrogens with one attached hydrogen (secondary N) is 1. The average Bonchev–Trinajstić information content (AvgIpc) is 2.68. The molecule has 1 fully saturated rings. The van der Waals surface area contributed by atoms with E-state index >= 15 is 0 Å². The summed E-state index contributed by atoms with van der Waals surface area (Å²) in [6.07, 6.45) is -4.43. The third-order valence-corrected chi connectivity index (χ3v) is 4.63. The first kappa shape index (κ1) is 20.0. The molecular formula is C20H22F3N3O2. The minimum Gasteiger partial charge on any atom is -0.497 e. The smallest absolute Gasteiger partial charge is 0.416 e. The zero-order valence-electron chi connectivity index (χ0n) is 15.5. The minimum atomic E-state index is -4.43. The van der Waals surface area contributed by atoms with Crippen LogP contribution in [0.15, 0.2) is 48.5 Å². The Morgan fingerprint density at radius 3 is 2.46 bits per heavy atom. The topological polar surface area (TPSA) is 44.8 Å². The van der Waals surface area contributed by atoms with Crippen molar-refractivity contribution in [1.82, 2.24) is 4.90 Å². The lowest BCUT2D eigenvalue weighted by molar-refractivity contribution is -0.137. The van der Waals surface area contributed by atoms with Crippen molar-refractivity contribution in [1.29, 1.82) is 0 Å². The van der Waals surface area contributed by atoms with Crippen LogP contribution >= 0.6 is 0 Å². The largest absolute Gasteiger partial charge is 0.497 e. The van der Waals surface area contributed by atoms with Gasteiger partial charge in [0.05, 0.1) is 19.2 Å². The number of amides is 1. The number of halogens is 3. The van der Waals surface area contributed by atoms with E-state index in [2.05, 4.69) is 10.2 Å². The first-order valence-corrected chi connectivity index (χ1v) is 8.93. The highest BCUT2D eigenvalue weighted by Gasteiger charge is 2.30. The van der Waals surface area contributed by atoms with Crippen molar-refractivity contribution in [3.05, 3.63) is 54.1 Å². The van der Waals surface area contributed by atoms with E-state index in [0.29, 0.717) is 13.1 Å². The summed E-state index contributed by atoms with van der Waals surface area (Å²) in [4.78, 5) is 16.4. The monoisotopic (exact) mass is 393 g/mol. The number of alkyl halides is 3. The molecule has 0 unspecified atom stereocenters. The Hall–Kier alpha value is -2.74. The number of hydrogen-bond donors (Lipinski definition) is 1. The van der Waals surface area contributed by atoms with Crippen LogP contribution in [0.4, 0.5) is 24.5 Å². The fourth-order valence-corrected chi connectivity index (χ4v) is 3.15. The molecule has 2 aromatic rings. The molecule has 3 rings (SSSR count). The second-order valence-electron chi connectivity index (χ2n) is 6.59. The summed E-state index contributed by atoms with van der Waals surface area (Å²) in [6, 6.07) is 12.5. The maximum atomic E-state index is 12.8. The number of piperazine rings is 1. The Bertz CT molecular complexity index is 818. The number of nitrogens with zero attached hydrogens (tertiary/aromatic N) is 2. The van der Waals surface area contributed by atoms with Gasteiger partial charge >= 0.3 is 6.18 Å². The number of methoxy groups -OCH3 is 1. The van der Waals surface area contributed by atoms with Crippen LogP contribution in [0.5, 0.6) is 5.75 Å². The van der Waals surface area contributed by atoms with Crippen LogP contribution in [0.1, 0.15) is 5.56 Å². The SMILES string of the molecule is COc1cccc(N2CCN(CC(=O)Nc3cccc(C(F)(F)F)c3)CC2)c1. The summed E-state index contributed by atoms with van der Waals surface area (Å²) in [5.74, 6) is 0.467. The van der Waals surface area contributed by atoms with Gasteiger partial charge in [-0.25, -0.2) is 0 Å². The Morgan fingerprint density at radius 1 is 1.07 bits per heavy atom. The molecule has 0 atom stereocenters. The van der Waals surface area contributed by atoms with Gasteiger partial charge < -0.3 is 15.0 Å². The molecule has 1 heterocycles. The predicted molar refractivity (Wildman–Crippen MR) is 102 cm³/mol. The molecular weight excluding hydrogens is 371 g/mol. The normalized spacial score (nSPS) is 15.4. The van der Waals surface area contributed by atoms with Crippen LogP contribution < -0.4 is 15.0 Å². The molecule has 0 spiro atoms. The molecule has 5 nitrogen and oxygen atoms in total. The van der Waals surface area contributed by atoms with E-state index in [0.717, 1.165) is 36.7 Å². The Balaban J connectivity index is 1.51. The highest BCUT2D eigenvalue weighted by atomic mass is 19.4. The van der Waals surface area contributed by atoms with Crippen molar-refractivity contribution in [2.45, 2.75) is 6.18 Å². The van der Waals surface area contributed by atoms with Crippen molar-refractivity contribution < 1.29 is 22.7 Å². The van der Waals surface area contributed by atoms with Gasteiger partial charge in [0.25, 0.3) is 0 Å². The summed E-state index contributed by atoms with van der Waals surface area (Å²) in [5, 5.41) is 2.55. The van der Waals surface area contributed by atoms with Gasteiger partial charge in [-0.05, 0) is 30.3 Å². The standard InChI is InChI=1S/C20H22F3N3O2/c1-28-18-7-3-6-17(13-18)26-10-8-25(9-11-26)14-19(27)24-16-5-2-4-15(12-16)20(21,22)23/h2-7,12-13H,8-11,14H2,1H3,(H,24,27). The molecule has 0 saturated carbocycles. The summed E-state index contributed by atoms with van der Waals surface area (Å²) < 4.78 is 43.6. The molecule has 1 amide bonds. The second kappa shape index (κ2) is 8.52. The van der Waals surface area contributed by atoms with Gasteiger partial charge in [0, 0.05) is 43.6 Å². The van der Waals surface area contributed by atoms with E-state index in [4.69, 9.17) is 4.74 Å². The van der Waals surface area contributed by atoms with Crippen molar-refractivity contribution >= 4 is 17.3 Å². The minimum absolute atomic E-state index is 0.141. The molecule has 0 aliphatic carbocycles. The molecule has 2 aromatic carbocycles. The Morgan fingerprint density at radius 2 is 1.79 bits per heavy atom. The van der Waals surface area contributed by atoms with E-state index in [1.807, 2.05) is 29.2 Å². The molecule has 28 heavy (non-hydrogen) atoms. The van der Waals surface area contributed by atoms with Crippen LogP contribution in [0.25, 0.3) is 0 Å². The van der Waals surface area contributed by atoms with E-state index in [-0.39, 0.29) is 18.1 Å². The molecule has 8 heteroatoms. The maximum Gasteiger partial charge on any atom is 0.416 e. The fourth-order valence-electron chi connectivity index (χ4n) is 3.15. The molecule has 1 aliphatic heterocycles. The molecule has 0 bridgehead atoms. The molecule has 1 N–H and O–H groups in total. The fraction of sp³-hybridized carbons (Fsp3) is 0.350. The van der Waals surface area contributed by atoms with Gasteiger partial charge in [-0.15, -0.1) is 0 Å². The van der Waals surface area contributed by atoms with Crippen molar-refractivity contribution in [3.63, 3.8) is 0 Å². The quantitative estimate of drug-likeness (QED) is 0.845. The number of hydrogen-bond acceptors (Lipinski definition) is 4. The van der Waals surface area contributed by atoms with Crippen molar-refractivity contribution in [3.8, 4) is 5.75 Å². The van der Waals surface area contributed by atoms with Crippen LogP contribution in [0, 0.1) is 0 Å². The lowest BCUT2D eigenvalue weighted by Crippen LogP contribution is -2.48. The average molecular weight is 393 g/mol. The van der Waals surface area contributed by atoms with Gasteiger partial charge in [-0.3, -0.25) is 9.69 Å². The highest BCUT2D eigenvalue weighted by molar-refractivity contribution is 5.92. The molecule has 1 aliphatic rings. The first-order chi connectivity index (χ1) is 13.3. The van der Waals surface area contributed by atoms with Gasteiger partial charge in [0.2, 0.25) is 5.91 Å². The number of ether oxygens (including phenoxy) is 1. The number of anilines is 2. The third-order valence-electron chi connectivity index (χ3n) is 4.63. The molecule has 150 valence electrons. The molecule has 0 radical (unpaired) electrons. The van der Waals surface area contributed by atoms with Gasteiger partial charge in [0.15, 0.2) is 0 Å². The molecule has 1 saturated heterocycles. The van der Waals surface area contributed by atoms with E-state index in [1.54, 1.807) is 7.11 Å². The summed E-state index contributed by atoms with van der Waals surface area (Å²) >= 11 is 0. The van der Waals surface area contributed by atoms with Crippen LogP contribution in [-0.4, -0.2) is 50.6 Å². The first-order valence-electron chi connectivity index (χ1n) is 8.93. The van der Waals surface area contributed by atoms with Crippen molar-refractivity contribution in [2.75, 3.05) is 50.1 Å². The van der Waals surface area contributed by atoms with Gasteiger partial charge in [-0.1, -0.05) is 12.1 Å². The summed E-state index contributed by atoms with van der Waals surface area (Å²) in [5.41, 5.74) is 0.430. The van der Waals surface area contributed by atoms with Crippen molar-refractivity contribution in [2.24, 2.45) is 0 Å². The molecule has 0 aromatic heterocycles. The number of benzene rings is 2. The Kier molecular flexibility index (Phi) is 6.08. The zero-order chi connectivity index (χ0) is 20.1.